The predicted molar refractivity (Wildman–Crippen MR) is 104 cm³/mol. The Morgan fingerprint density at radius 3 is 2.38 bits per heavy atom. The zero-order valence-electron chi connectivity index (χ0n) is 15.6. The molecule has 6 heteroatoms. The van der Waals surface area contributed by atoms with Gasteiger partial charge in [0.05, 0.1) is 21.3 Å². The van der Waals surface area contributed by atoms with Crippen LogP contribution < -0.4 is 25.3 Å². The maximum Gasteiger partial charge on any atom is 0.188 e. The Morgan fingerprint density at radius 2 is 1.65 bits per heavy atom. The van der Waals surface area contributed by atoms with Crippen molar-refractivity contribution in [2.24, 2.45) is 10.7 Å². The Morgan fingerprint density at radius 1 is 0.923 bits per heavy atom. The van der Waals surface area contributed by atoms with Gasteiger partial charge in [0.25, 0.3) is 0 Å². The Bertz CT molecular complexity index is 732. The molecule has 6 nitrogen and oxygen atoms in total. The third-order valence-corrected chi connectivity index (χ3v) is 4.02. The summed E-state index contributed by atoms with van der Waals surface area (Å²) in [5.74, 6) is 2.77. The fraction of sp³-hybridized carbons (Fsp3) is 0.350. The Kier molecular flexibility index (Phi) is 7.61. The SMILES string of the molecule is COc1ccccc1CCN=C(N)NCCc1ccc(OC)c(OC)c1. The number of hydrogen-bond donors (Lipinski definition) is 2. The Labute approximate surface area is 155 Å². The number of nitrogens with one attached hydrogen (secondary N) is 1. The topological polar surface area (TPSA) is 78.1 Å². The van der Waals surface area contributed by atoms with E-state index in [1.165, 1.54) is 0 Å². The fourth-order valence-electron chi connectivity index (χ4n) is 2.63. The molecule has 0 atom stereocenters. The molecule has 0 heterocycles. The molecule has 3 N–H and O–H groups in total. The largest absolute Gasteiger partial charge is 0.496 e. The number of benzene rings is 2. The summed E-state index contributed by atoms with van der Waals surface area (Å²) in [6.07, 6.45) is 1.59. The molecule has 0 spiro atoms. The molecule has 0 unspecified atom stereocenters. The lowest BCUT2D eigenvalue weighted by molar-refractivity contribution is 0.354. The number of guanidine groups is 1. The highest BCUT2D eigenvalue weighted by Crippen LogP contribution is 2.27. The van der Waals surface area contributed by atoms with Gasteiger partial charge in [-0.05, 0) is 42.2 Å². The lowest BCUT2D eigenvalue weighted by Gasteiger charge is -2.10. The minimum Gasteiger partial charge on any atom is -0.496 e. The molecule has 0 amide bonds. The first-order valence-electron chi connectivity index (χ1n) is 8.54. The van der Waals surface area contributed by atoms with E-state index in [0.29, 0.717) is 19.0 Å². The number of ether oxygens (including phenoxy) is 3. The second kappa shape index (κ2) is 10.2. The van der Waals surface area contributed by atoms with Crippen LogP contribution in [0.25, 0.3) is 0 Å². The van der Waals surface area contributed by atoms with Crippen LogP contribution in [-0.4, -0.2) is 40.4 Å². The monoisotopic (exact) mass is 357 g/mol. The van der Waals surface area contributed by atoms with Crippen molar-refractivity contribution in [3.05, 3.63) is 53.6 Å². The van der Waals surface area contributed by atoms with Gasteiger partial charge in [-0.1, -0.05) is 24.3 Å². The van der Waals surface area contributed by atoms with Gasteiger partial charge in [0.2, 0.25) is 0 Å². The maximum atomic E-state index is 5.94. The normalized spacial score (nSPS) is 11.1. The van der Waals surface area contributed by atoms with E-state index >= 15 is 0 Å². The van der Waals surface area contributed by atoms with Gasteiger partial charge in [0, 0.05) is 13.1 Å². The molecule has 0 fully saturated rings. The van der Waals surface area contributed by atoms with Gasteiger partial charge in [0.1, 0.15) is 5.75 Å². The number of hydrogen-bond acceptors (Lipinski definition) is 4. The van der Waals surface area contributed by atoms with Crippen LogP contribution in [0.15, 0.2) is 47.5 Å². The van der Waals surface area contributed by atoms with Crippen molar-refractivity contribution in [3.63, 3.8) is 0 Å². The van der Waals surface area contributed by atoms with Crippen LogP contribution >= 0.6 is 0 Å². The molecule has 2 rings (SSSR count). The van der Waals surface area contributed by atoms with E-state index in [2.05, 4.69) is 10.3 Å². The number of rotatable bonds is 9. The molecule has 0 saturated heterocycles. The van der Waals surface area contributed by atoms with E-state index in [-0.39, 0.29) is 0 Å². The highest BCUT2D eigenvalue weighted by atomic mass is 16.5. The fourth-order valence-corrected chi connectivity index (χ4v) is 2.63. The van der Waals surface area contributed by atoms with E-state index in [1.807, 2.05) is 42.5 Å². The minimum atomic E-state index is 0.445. The number of aliphatic imine (C=N–C) groups is 1. The van der Waals surface area contributed by atoms with Crippen molar-refractivity contribution in [2.45, 2.75) is 12.8 Å². The first-order chi connectivity index (χ1) is 12.7. The molecule has 26 heavy (non-hydrogen) atoms. The lowest BCUT2D eigenvalue weighted by atomic mass is 10.1. The molecule has 0 saturated carbocycles. The molecule has 0 aliphatic rings. The molecule has 140 valence electrons. The minimum absolute atomic E-state index is 0.445. The summed E-state index contributed by atoms with van der Waals surface area (Å²) >= 11 is 0. The summed E-state index contributed by atoms with van der Waals surface area (Å²) in [5, 5.41) is 3.14. The average molecular weight is 357 g/mol. The van der Waals surface area contributed by atoms with Crippen LogP contribution in [0.3, 0.4) is 0 Å². The van der Waals surface area contributed by atoms with Crippen LogP contribution in [-0.2, 0) is 12.8 Å². The number of para-hydroxylation sites is 1. The van der Waals surface area contributed by atoms with E-state index in [0.717, 1.165) is 41.2 Å². The summed E-state index contributed by atoms with van der Waals surface area (Å²) in [6, 6.07) is 13.8. The van der Waals surface area contributed by atoms with Crippen molar-refractivity contribution >= 4 is 5.96 Å². The molecular weight excluding hydrogens is 330 g/mol. The number of nitrogens with two attached hydrogens (primary N) is 1. The molecule has 0 radical (unpaired) electrons. The second-order valence-electron chi connectivity index (χ2n) is 5.69. The van der Waals surface area contributed by atoms with E-state index < -0.39 is 0 Å². The van der Waals surface area contributed by atoms with E-state index in [4.69, 9.17) is 19.9 Å². The third-order valence-electron chi connectivity index (χ3n) is 4.02. The van der Waals surface area contributed by atoms with Gasteiger partial charge < -0.3 is 25.3 Å². The van der Waals surface area contributed by atoms with Crippen molar-refractivity contribution in [2.75, 3.05) is 34.4 Å². The smallest absolute Gasteiger partial charge is 0.188 e. The van der Waals surface area contributed by atoms with Crippen LogP contribution in [0.4, 0.5) is 0 Å². The van der Waals surface area contributed by atoms with Gasteiger partial charge >= 0.3 is 0 Å². The van der Waals surface area contributed by atoms with Crippen molar-refractivity contribution in [1.29, 1.82) is 0 Å². The van der Waals surface area contributed by atoms with Crippen molar-refractivity contribution < 1.29 is 14.2 Å². The molecule has 0 aliphatic carbocycles. The van der Waals surface area contributed by atoms with Gasteiger partial charge in [-0.15, -0.1) is 0 Å². The highest BCUT2D eigenvalue weighted by molar-refractivity contribution is 5.77. The second-order valence-corrected chi connectivity index (χ2v) is 5.69. The molecule has 0 aliphatic heterocycles. The standard InChI is InChI=1S/C20H27N3O3/c1-24-17-7-5-4-6-16(17)11-13-23-20(21)22-12-10-15-8-9-18(25-2)19(14-15)26-3/h4-9,14H,10-13H2,1-3H3,(H3,21,22,23). The molecule has 0 bridgehead atoms. The van der Waals surface area contributed by atoms with E-state index in [1.54, 1.807) is 21.3 Å². The Hall–Kier alpha value is -2.89. The molecule has 2 aromatic rings. The van der Waals surface area contributed by atoms with Gasteiger partial charge in [-0.3, -0.25) is 4.99 Å². The van der Waals surface area contributed by atoms with Crippen LogP contribution in [0.2, 0.25) is 0 Å². The first kappa shape index (κ1) is 19.4. The molecule has 0 aromatic heterocycles. The van der Waals surface area contributed by atoms with Crippen LogP contribution in [0.1, 0.15) is 11.1 Å². The zero-order chi connectivity index (χ0) is 18.8. The Balaban J connectivity index is 1.79. The predicted octanol–water partition coefficient (Wildman–Crippen LogP) is 2.40. The summed E-state index contributed by atoms with van der Waals surface area (Å²) in [6.45, 7) is 1.30. The average Bonchev–Trinajstić information content (AvgIpc) is 2.68. The summed E-state index contributed by atoms with van der Waals surface area (Å²) in [7, 11) is 4.93. The lowest BCUT2D eigenvalue weighted by Crippen LogP contribution is -2.33. The summed E-state index contributed by atoms with van der Waals surface area (Å²) in [4.78, 5) is 4.37. The maximum absolute atomic E-state index is 5.94. The van der Waals surface area contributed by atoms with E-state index in [9.17, 15) is 0 Å². The van der Waals surface area contributed by atoms with Crippen LogP contribution in [0.5, 0.6) is 17.2 Å². The quantitative estimate of drug-likeness (QED) is 0.532. The summed E-state index contributed by atoms with van der Waals surface area (Å²) < 4.78 is 15.9. The van der Waals surface area contributed by atoms with Gasteiger partial charge in [0.15, 0.2) is 17.5 Å². The van der Waals surface area contributed by atoms with Gasteiger partial charge in [-0.2, -0.15) is 0 Å². The summed E-state index contributed by atoms with van der Waals surface area (Å²) in [5.41, 5.74) is 8.20. The zero-order valence-corrected chi connectivity index (χ0v) is 15.6. The molecular formula is C20H27N3O3. The third kappa shape index (κ3) is 5.58. The van der Waals surface area contributed by atoms with Crippen molar-refractivity contribution in [1.82, 2.24) is 5.32 Å². The van der Waals surface area contributed by atoms with Crippen LogP contribution in [0, 0.1) is 0 Å². The number of methoxy groups -OCH3 is 3. The highest BCUT2D eigenvalue weighted by Gasteiger charge is 2.05. The molecule has 2 aromatic carbocycles. The number of nitrogens with zero attached hydrogens (tertiary/aromatic N) is 1. The first-order valence-corrected chi connectivity index (χ1v) is 8.54. The van der Waals surface area contributed by atoms with Crippen molar-refractivity contribution in [3.8, 4) is 17.2 Å². The van der Waals surface area contributed by atoms with Gasteiger partial charge in [-0.25, -0.2) is 0 Å².